The molecule has 0 spiro atoms. The van der Waals surface area contributed by atoms with E-state index in [2.05, 4.69) is 24.3 Å². The number of benzene rings is 2. The summed E-state index contributed by atoms with van der Waals surface area (Å²) in [4.78, 5) is 31.7. The van der Waals surface area contributed by atoms with Crippen LogP contribution in [-0.4, -0.2) is 59.1 Å². The van der Waals surface area contributed by atoms with Crippen molar-refractivity contribution in [2.45, 2.75) is 101 Å². The van der Waals surface area contributed by atoms with E-state index in [-0.39, 0.29) is 13.2 Å². The van der Waals surface area contributed by atoms with Gasteiger partial charge in [0.15, 0.2) is 0 Å². The lowest BCUT2D eigenvalue weighted by Crippen LogP contribution is -2.22. The highest BCUT2D eigenvalue weighted by molar-refractivity contribution is 8.78. The zero-order chi connectivity index (χ0) is 33.2. The highest BCUT2D eigenvalue weighted by Crippen LogP contribution is 2.41. The molecule has 0 unspecified atom stereocenters. The fourth-order valence-electron chi connectivity index (χ4n) is 4.82. The summed E-state index contributed by atoms with van der Waals surface area (Å²) < 4.78 is 0. The molecule has 2 amide bonds. The molecule has 0 bridgehead atoms. The van der Waals surface area contributed by atoms with Crippen LogP contribution < -0.4 is 0 Å². The molecule has 254 valence electrons. The Morgan fingerprint density at radius 3 is 1.20 bits per heavy atom. The average Bonchev–Trinajstić information content (AvgIpc) is 3.09. The number of rotatable bonds is 27. The van der Waals surface area contributed by atoms with Gasteiger partial charge < -0.3 is 20.0 Å². The summed E-state index contributed by atoms with van der Waals surface area (Å²) in [5.41, 5.74) is 1.87. The predicted molar refractivity (Wildman–Crippen MR) is 200 cm³/mol. The molecule has 0 aliphatic carbocycles. The maximum atomic E-state index is 11.8. The first kappa shape index (κ1) is 40.4. The van der Waals surface area contributed by atoms with Crippen LogP contribution in [0.25, 0.3) is 0 Å². The van der Waals surface area contributed by atoms with E-state index < -0.39 is 0 Å². The van der Waals surface area contributed by atoms with E-state index >= 15 is 0 Å². The van der Waals surface area contributed by atoms with Crippen molar-refractivity contribution in [2.24, 2.45) is 0 Å². The first-order valence-electron chi connectivity index (χ1n) is 16.4. The van der Waals surface area contributed by atoms with Crippen LogP contribution in [0.1, 0.15) is 90.9 Å². The van der Waals surface area contributed by atoms with Crippen LogP contribution in [0.15, 0.2) is 91.7 Å². The number of hydrogen-bond acceptors (Lipinski definition) is 8. The Morgan fingerprint density at radius 2 is 0.891 bits per heavy atom. The van der Waals surface area contributed by atoms with E-state index in [0.717, 1.165) is 69.5 Å². The fourth-order valence-corrected chi connectivity index (χ4v) is 9.64. The summed E-state index contributed by atoms with van der Waals surface area (Å²) in [6.45, 7) is 5.50. The second kappa shape index (κ2) is 26.2. The zero-order valence-electron chi connectivity index (χ0n) is 27.5. The standard InChI is InChI=1S/C36H52N2O4S4/c1-31(35(23-27-39)45-43-33-19-13-11-14-20-33)37(29-41)25-17-9-7-5-3-4-6-8-10-18-26-38(30-42)32(2)36(24-28-40)46-44-34-21-15-12-16-22-34/h11-16,19-22,29-30,39-40H,3-10,17-18,23-28H2,1-2H3/b35-31-,36-32-. The SMILES string of the molecule is C/C(=C(\CCO)SSc1ccccc1)N(C=O)CCCCCCCCCCCCN(C=O)/C(C)=C(/CCO)SSc1ccccc1. The third kappa shape index (κ3) is 16.8. The Hall–Kier alpha value is -1.82. The van der Waals surface area contributed by atoms with Crippen molar-refractivity contribution < 1.29 is 19.8 Å². The van der Waals surface area contributed by atoms with Gasteiger partial charge in [-0.1, -0.05) is 131 Å². The molecule has 0 fully saturated rings. The minimum absolute atomic E-state index is 0.0658. The van der Waals surface area contributed by atoms with Crippen LogP contribution in [0.5, 0.6) is 0 Å². The van der Waals surface area contributed by atoms with Crippen molar-refractivity contribution in [1.29, 1.82) is 0 Å². The van der Waals surface area contributed by atoms with E-state index in [9.17, 15) is 19.8 Å². The summed E-state index contributed by atoms with van der Waals surface area (Å²) in [6.07, 6.45) is 14.3. The number of aliphatic hydroxyl groups is 2. The molecule has 2 aromatic rings. The quantitative estimate of drug-likeness (QED) is 0.0541. The highest BCUT2D eigenvalue weighted by atomic mass is 33.1. The molecule has 0 saturated carbocycles. The van der Waals surface area contributed by atoms with Gasteiger partial charge in [-0.25, -0.2) is 0 Å². The van der Waals surface area contributed by atoms with Crippen LogP contribution in [0.4, 0.5) is 0 Å². The lowest BCUT2D eigenvalue weighted by atomic mass is 10.1. The highest BCUT2D eigenvalue weighted by Gasteiger charge is 2.13. The summed E-state index contributed by atoms with van der Waals surface area (Å²) in [7, 11) is 6.56. The van der Waals surface area contributed by atoms with Gasteiger partial charge in [0.2, 0.25) is 12.8 Å². The van der Waals surface area contributed by atoms with Crippen LogP contribution in [0.3, 0.4) is 0 Å². The maximum Gasteiger partial charge on any atom is 0.213 e. The molecule has 10 heteroatoms. The Labute approximate surface area is 293 Å². The first-order valence-corrected chi connectivity index (χ1v) is 20.7. The van der Waals surface area contributed by atoms with Crippen molar-refractivity contribution in [3.05, 3.63) is 81.9 Å². The van der Waals surface area contributed by atoms with Gasteiger partial charge in [-0.2, -0.15) is 0 Å². The van der Waals surface area contributed by atoms with Gasteiger partial charge in [0.1, 0.15) is 0 Å². The molecule has 0 atom stereocenters. The number of nitrogens with zero attached hydrogens (tertiary/aromatic N) is 2. The third-order valence-corrected chi connectivity index (χ3v) is 13.0. The Kier molecular flexibility index (Phi) is 23.0. The van der Waals surface area contributed by atoms with Crippen molar-refractivity contribution >= 4 is 56.0 Å². The molecule has 0 aliphatic rings. The minimum atomic E-state index is 0.0658. The van der Waals surface area contributed by atoms with Gasteiger partial charge in [0.05, 0.1) is 0 Å². The summed E-state index contributed by atoms with van der Waals surface area (Å²) >= 11 is 0. The average molecular weight is 705 g/mol. The number of carbonyl (C=O) groups is 2. The number of allylic oxidation sites excluding steroid dienone is 2. The number of aliphatic hydroxyl groups excluding tert-OH is 2. The van der Waals surface area contributed by atoms with E-state index in [1.165, 1.54) is 38.5 Å². The van der Waals surface area contributed by atoms with Crippen molar-refractivity contribution in [3.8, 4) is 0 Å². The number of carbonyl (C=O) groups excluding carboxylic acids is 2. The largest absolute Gasteiger partial charge is 0.396 e. The van der Waals surface area contributed by atoms with Gasteiger partial charge >= 0.3 is 0 Å². The van der Waals surface area contributed by atoms with Crippen LogP contribution in [-0.2, 0) is 9.59 Å². The lowest BCUT2D eigenvalue weighted by molar-refractivity contribution is -0.117. The molecule has 46 heavy (non-hydrogen) atoms. The number of hydrogen-bond donors (Lipinski definition) is 2. The first-order chi connectivity index (χ1) is 22.5. The van der Waals surface area contributed by atoms with E-state index in [1.54, 1.807) is 53.0 Å². The predicted octanol–water partition coefficient (Wildman–Crippen LogP) is 9.91. The molecule has 0 heterocycles. The Morgan fingerprint density at radius 1 is 0.565 bits per heavy atom. The topological polar surface area (TPSA) is 81.1 Å². The van der Waals surface area contributed by atoms with Crippen LogP contribution in [0, 0.1) is 0 Å². The molecular formula is C36H52N2O4S4. The lowest BCUT2D eigenvalue weighted by Gasteiger charge is -2.21. The maximum absolute atomic E-state index is 11.8. The normalized spacial score (nSPS) is 12.3. The smallest absolute Gasteiger partial charge is 0.213 e. The summed E-state index contributed by atoms with van der Waals surface area (Å²) in [5, 5.41) is 19.1. The van der Waals surface area contributed by atoms with Gasteiger partial charge in [-0.15, -0.1) is 0 Å². The molecule has 0 aliphatic heterocycles. The van der Waals surface area contributed by atoms with Crippen LogP contribution >= 0.6 is 43.2 Å². The molecule has 2 rings (SSSR count). The Bertz CT molecular complexity index is 1070. The second-order valence-electron chi connectivity index (χ2n) is 11.1. The molecule has 6 nitrogen and oxygen atoms in total. The third-order valence-electron chi connectivity index (χ3n) is 7.61. The molecular weight excluding hydrogens is 653 g/mol. The Balaban J connectivity index is 1.59. The van der Waals surface area contributed by atoms with Crippen molar-refractivity contribution in [2.75, 3.05) is 26.3 Å². The van der Waals surface area contributed by atoms with Gasteiger partial charge in [-0.05, 0) is 51.0 Å². The van der Waals surface area contributed by atoms with Gasteiger partial charge in [0, 0.05) is 70.1 Å². The summed E-state index contributed by atoms with van der Waals surface area (Å²) in [5.74, 6) is 0. The monoisotopic (exact) mass is 704 g/mol. The van der Waals surface area contributed by atoms with E-state index in [1.807, 2.05) is 50.2 Å². The molecule has 2 aromatic carbocycles. The van der Waals surface area contributed by atoms with E-state index in [0.29, 0.717) is 25.9 Å². The molecule has 2 N–H and O–H groups in total. The van der Waals surface area contributed by atoms with Crippen molar-refractivity contribution in [3.63, 3.8) is 0 Å². The van der Waals surface area contributed by atoms with Gasteiger partial charge in [0.25, 0.3) is 0 Å². The molecule has 0 saturated heterocycles. The number of amides is 2. The second-order valence-corrected chi connectivity index (χ2v) is 15.7. The fraction of sp³-hybridized carbons (Fsp3) is 0.500. The van der Waals surface area contributed by atoms with Crippen LogP contribution in [0.2, 0.25) is 0 Å². The number of unbranched alkanes of at least 4 members (excludes halogenated alkanes) is 9. The van der Waals surface area contributed by atoms with Crippen molar-refractivity contribution in [1.82, 2.24) is 9.80 Å². The minimum Gasteiger partial charge on any atom is -0.396 e. The molecule has 0 radical (unpaired) electrons. The summed E-state index contributed by atoms with van der Waals surface area (Å²) in [6, 6.07) is 20.3. The van der Waals surface area contributed by atoms with E-state index in [4.69, 9.17) is 0 Å². The van der Waals surface area contributed by atoms with Gasteiger partial charge in [-0.3, -0.25) is 9.59 Å². The molecule has 0 aromatic heterocycles. The zero-order valence-corrected chi connectivity index (χ0v) is 30.7.